The molecule has 5 rings (SSSR count). The van der Waals surface area contributed by atoms with E-state index >= 15 is 0 Å². The number of halogens is 6. The first-order chi connectivity index (χ1) is 19.6. The van der Waals surface area contributed by atoms with Crippen molar-refractivity contribution in [3.63, 3.8) is 0 Å². The van der Waals surface area contributed by atoms with E-state index in [1.165, 1.54) is 18.2 Å². The summed E-state index contributed by atoms with van der Waals surface area (Å²) >= 11 is 0. The smallest absolute Gasteiger partial charge is 0.357 e. The number of para-hydroxylation sites is 2. The van der Waals surface area contributed by atoms with Crippen LogP contribution in [0.4, 0.5) is 37.7 Å². The Bertz CT molecular complexity index is 1550. The van der Waals surface area contributed by atoms with E-state index in [9.17, 15) is 35.9 Å². The van der Waals surface area contributed by atoms with Gasteiger partial charge in [0.05, 0.1) is 23.0 Å². The molecular weight excluding hydrogens is 558 g/mol. The molecule has 0 bridgehead atoms. The molecule has 3 aromatic rings. The average Bonchev–Trinajstić information content (AvgIpc) is 3.06. The molecule has 1 aliphatic heterocycles. The summed E-state index contributed by atoms with van der Waals surface area (Å²) in [5.41, 5.74) is 1.11. The lowest BCUT2D eigenvalue weighted by molar-refractivity contribution is -0.170. The molecule has 2 atom stereocenters. The number of nitrogens with one attached hydrogen (secondary N) is 1. The Morgan fingerprint density at radius 1 is 0.786 bits per heavy atom. The largest absolute Gasteiger partial charge is 0.471 e. The molecule has 4 nitrogen and oxygen atoms in total. The van der Waals surface area contributed by atoms with Crippen LogP contribution in [0.25, 0.3) is 0 Å². The third-order valence-corrected chi connectivity index (χ3v) is 7.75. The SMILES string of the molecule is CC(C)(C)c1ccc([C@H]2CC(=O)C3=C(C2)Nc2ccccc2N(C(=O)C(F)(F)F)[C@H]3c2ccc(C(F)(F)F)cc2)cc1. The maximum absolute atomic E-state index is 14.0. The minimum absolute atomic E-state index is 0.0447. The lowest BCUT2D eigenvalue weighted by Gasteiger charge is -2.35. The van der Waals surface area contributed by atoms with Gasteiger partial charge in [-0.2, -0.15) is 26.3 Å². The second-order valence-electron chi connectivity index (χ2n) is 11.6. The molecule has 3 aromatic carbocycles. The first-order valence-electron chi connectivity index (χ1n) is 13.4. The highest BCUT2D eigenvalue weighted by Crippen LogP contribution is 2.48. The first kappa shape index (κ1) is 29.4. The van der Waals surface area contributed by atoms with E-state index in [-0.39, 0.29) is 46.7 Å². The predicted molar refractivity (Wildman–Crippen MR) is 147 cm³/mol. The molecule has 1 amide bonds. The van der Waals surface area contributed by atoms with Crippen LogP contribution in [0.3, 0.4) is 0 Å². The van der Waals surface area contributed by atoms with Crippen LogP contribution >= 0.6 is 0 Å². The summed E-state index contributed by atoms with van der Waals surface area (Å²) in [5, 5.41) is 3.12. The van der Waals surface area contributed by atoms with Gasteiger partial charge in [0, 0.05) is 17.7 Å². The van der Waals surface area contributed by atoms with Gasteiger partial charge >= 0.3 is 18.3 Å². The summed E-state index contributed by atoms with van der Waals surface area (Å²) in [6.45, 7) is 6.22. The number of fused-ring (bicyclic) bond motifs is 1. The number of amides is 1. The van der Waals surface area contributed by atoms with E-state index in [0.29, 0.717) is 10.6 Å². The average molecular weight is 587 g/mol. The number of ketones is 1. The Morgan fingerprint density at radius 3 is 1.93 bits per heavy atom. The molecule has 0 fully saturated rings. The summed E-state index contributed by atoms with van der Waals surface area (Å²) in [4.78, 5) is 27.3. The highest BCUT2D eigenvalue weighted by atomic mass is 19.4. The summed E-state index contributed by atoms with van der Waals surface area (Å²) < 4.78 is 82.1. The molecule has 0 saturated heterocycles. The predicted octanol–water partition coefficient (Wildman–Crippen LogP) is 8.47. The zero-order chi connectivity index (χ0) is 30.6. The van der Waals surface area contributed by atoms with Crippen LogP contribution in [0, 0.1) is 0 Å². The molecular formula is C32H28F6N2O2. The van der Waals surface area contributed by atoms with Crippen molar-refractivity contribution in [1.29, 1.82) is 0 Å². The van der Waals surface area contributed by atoms with Gasteiger partial charge < -0.3 is 5.32 Å². The number of benzene rings is 3. The van der Waals surface area contributed by atoms with Gasteiger partial charge in [0.25, 0.3) is 0 Å². The molecule has 0 saturated carbocycles. The van der Waals surface area contributed by atoms with Crippen LogP contribution < -0.4 is 10.2 Å². The molecule has 42 heavy (non-hydrogen) atoms. The molecule has 0 radical (unpaired) electrons. The van der Waals surface area contributed by atoms with Gasteiger partial charge in [0.15, 0.2) is 5.78 Å². The maximum Gasteiger partial charge on any atom is 0.471 e. The number of nitrogens with zero attached hydrogens (tertiary/aromatic N) is 1. The second-order valence-corrected chi connectivity index (χ2v) is 11.6. The lowest BCUT2D eigenvalue weighted by atomic mass is 9.77. The summed E-state index contributed by atoms with van der Waals surface area (Å²) in [6, 6.07) is 15.6. The van der Waals surface area contributed by atoms with E-state index in [1.807, 2.05) is 24.3 Å². The van der Waals surface area contributed by atoms with Gasteiger partial charge in [-0.15, -0.1) is 0 Å². The topological polar surface area (TPSA) is 49.4 Å². The number of rotatable bonds is 2. The fourth-order valence-electron chi connectivity index (χ4n) is 5.61. The van der Waals surface area contributed by atoms with E-state index in [0.717, 1.165) is 35.4 Å². The fraction of sp³-hybridized carbons (Fsp3) is 0.312. The Hall–Kier alpha value is -4.08. The quantitative estimate of drug-likeness (QED) is 0.307. The number of allylic oxidation sites excluding steroid dienone is 1. The van der Waals surface area contributed by atoms with Gasteiger partial charge in [0.2, 0.25) is 0 Å². The van der Waals surface area contributed by atoms with Crippen molar-refractivity contribution in [2.45, 2.75) is 63.3 Å². The molecule has 0 spiro atoms. The van der Waals surface area contributed by atoms with Crippen LogP contribution in [0.15, 0.2) is 84.1 Å². The third-order valence-electron chi connectivity index (χ3n) is 7.75. The molecule has 1 aliphatic carbocycles. The molecule has 0 unspecified atom stereocenters. The van der Waals surface area contributed by atoms with Crippen molar-refractivity contribution in [3.05, 3.63) is 106 Å². The van der Waals surface area contributed by atoms with Gasteiger partial charge in [-0.05, 0) is 58.7 Å². The highest BCUT2D eigenvalue weighted by molar-refractivity contribution is 6.07. The van der Waals surface area contributed by atoms with Crippen LogP contribution in [0.2, 0.25) is 0 Å². The Labute approximate surface area is 239 Å². The Kier molecular flexibility index (Phi) is 7.23. The van der Waals surface area contributed by atoms with Gasteiger partial charge in [-0.1, -0.05) is 69.3 Å². The van der Waals surface area contributed by atoms with Crippen LogP contribution in [0.1, 0.15) is 67.8 Å². The number of Topliss-reactive ketones (excluding diaryl/α,β-unsaturated/α-hetero) is 1. The number of anilines is 2. The van der Waals surface area contributed by atoms with E-state index < -0.39 is 35.6 Å². The van der Waals surface area contributed by atoms with Crippen molar-refractivity contribution in [2.24, 2.45) is 0 Å². The summed E-state index contributed by atoms with van der Waals surface area (Å²) in [5.74, 6) is -3.03. The first-order valence-corrected chi connectivity index (χ1v) is 13.4. The molecule has 1 heterocycles. The minimum Gasteiger partial charge on any atom is -0.357 e. The van der Waals surface area contributed by atoms with Crippen molar-refractivity contribution in [3.8, 4) is 0 Å². The number of alkyl halides is 6. The fourth-order valence-corrected chi connectivity index (χ4v) is 5.61. The number of carbonyl (C=O) groups excluding carboxylic acids is 2. The van der Waals surface area contributed by atoms with Crippen LogP contribution in [-0.2, 0) is 21.2 Å². The normalized spacial score (nSPS) is 19.5. The van der Waals surface area contributed by atoms with Gasteiger partial charge in [-0.25, -0.2) is 0 Å². The maximum atomic E-state index is 14.0. The van der Waals surface area contributed by atoms with Crippen LogP contribution in [-0.4, -0.2) is 17.9 Å². The van der Waals surface area contributed by atoms with E-state index in [2.05, 4.69) is 26.1 Å². The van der Waals surface area contributed by atoms with Crippen molar-refractivity contribution in [2.75, 3.05) is 10.2 Å². The van der Waals surface area contributed by atoms with Crippen molar-refractivity contribution >= 4 is 23.1 Å². The zero-order valence-corrected chi connectivity index (χ0v) is 23.0. The minimum atomic E-state index is -5.32. The molecule has 0 aromatic heterocycles. The van der Waals surface area contributed by atoms with Crippen molar-refractivity contribution in [1.82, 2.24) is 0 Å². The third kappa shape index (κ3) is 5.54. The molecule has 220 valence electrons. The summed E-state index contributed by atoms with van der Waals surface area (Å²) in [6.07, 6.45) is -9.80. The lowest BCUT2D eigenvalue weighted by Crippen LogP contribution is -2.45. The van der Waals surface area contributed by atoms with Gasteiger partial charge in [0.1, 0.15) is 0 Å². The van der Waals surface area contributed by atoms with Gasteiger partial charge in [-0.3, -0.25) is 14.5 Å². The Balaban J connectivity index is 1.67. The molecule has 10 heteroatoms. The van der Waals surface area contributed by atoms with Crippen LogP contribution in [0.5, 0.6) is 0 Å². The monoisotopic (exact) mass is 586 g/mol. The van der Waals surface area contributed by atoms with Crippen molar-refractivity contribution < 1.29 is 35.9 Å². The standard InChI is InChI=1S/C32H28F6N2O2/c1-30(2,3)21-12-8-18(9-13-21)20-16-24-27(26(41)17-20)28(19-10-14-22(15-11-19)31(33,34)35)40(29(42)32(36,37)38)25-7-5-4-6-23(25)39-24/h4-15,20,28,39H,16-17H2,1-3H3/t20-,28+/m1/s1. The summed E-state index contributed by atoms with van der Waals surface area (Å²) in [7, 11) is 0. The Morgan fingerprint density at radius 2 is 1.36 bits per heavy atom. The number of hydrogen-bond donors (Lipinski definition) is 1. The zero-order valence-electron chi connectivity index (χ0n) is 23.0. The number of carbonyl (C=O) groups is 2. The number of hydrogen-bond acceptors (Lipinski definition) is 3. The molecule has 2 aliphatic rings. The van der Waals surface area contributed by atoms with E-state index in [4.69, 9.17) is 0 Å². The van der Waals surface area contributed by atoms with E-state index in [1.54, 1.807) is 6.07 Å². The highest BCUT2D eigenvalue weighted by Gasteiger charge is 2.50. The molecule has 1 N–H and O–H groups in total. The second kappa shape index (κ2) is 10.3.